The van der Waals surface area contributed by atoms with Crippen LogP contribution in [0.1, 0.15) is 45.8 Å². The first kappa shape index (κ1) is 51.3. The van der Waals surface area contributed by atoms with Crippen LogP contribution in [0, 0.1) is 24.9 Å². The van der Waals surface area contributed by atoms with Crippen molar-refractivity contribution in [2.75, 3.05) is 0 Å². The molecule has 2 aromatic carbocycles. The van der Waals surface area contributed by atoms with E-state index in [2.05, 4.69) is 14.6 Å². The minimum Gasteiger partial charge on any atom is -1.00 e. The number of aliphatic carboxylic acids is 2. The Morgan fingerprint density at radius 2 is 1.40 bits per heavy atom. The van der Waals surface area contributed by atoms with Crippen LogP contribution in [0.3, 0.4) is 0 Å². The molecular formula is C28H34Cl2FK2N3O9. The number of hydrogen-bond acceptors (Lipinski definition) is 8. The zero-order valence-electron chi connectivity index (χ0n) is 26.8. The summed E-state index contributed by atoms with van der Waals surface area (Å²) in [5.41, 5.74) is 7.56. The molecule has 12 nitrogen and oxygen atoms in total. The first-order valence-corrected chi connectivity index (χ1v) is 13.2. The average molecular weight is 725 g/mol. The summed E-state index contributed by atoms with van der Waals surface area (Å²) in [6.45, 7) is 20.1. The molecular weight excluding hydrogens is 690 g/mol. The summed E-state index contributed by atoms with van der Waals surface area (Å²) in [6.07, 6.45) is -0.597. The molecule has 0 radical (unpaired) electrons. The Bertz CT molecular complexity index is 1310. The standard InChI is InChI=1S/C14H16ClNO3.C9H7ClFN.C4H9NO3.CH2O3.2K.H/c1-4-10-9(5-6-12(16-3)13(10)15)7-11(8(2)17)14(18)19;1-3-6-7(11)4-5-8(12-2)9(6)10;1-2(6)3(5)4(7)8;2-1-4-3;;;/h5-6,8,11,17H,4,7H2,1-2H3,(H,18,19);4-5H,3H2,1H3;2-3,6H,5H2,1H3,(H,7,8);1,3H;;;/q;;;;2*+1;-1/p-1/t8-,11+;;2-,3+;;;;/m0.0..../s1. The smallest absolute Gasteiger partial charge is 1.00 e. The molecule has 0 fully saturated rings. The van der Waals surface area contributed by atoms with Crippen LogP contribution in [0.5, 0.6) is 0 Å². The van der Waals surface area contributed by atoms with Gasteiger partial charge in [-0.25, -0.2) is 14.1 Å². The number of rotatable bonds is 9. The first-order chi connectivity index (χ1) is 20.1. The van der Waals surface area contributed by atoms with Crippen LogP contribution in [-0.2, 0) is 38.5 Å². The van der Waals surface area contributed by atoms with Crippen molar-refractivity contribution in [3.05, 3.63) is 79.7 Å². The number of halogens is 3. The Morgan fingerprint density at radius 3 is 1.69 bits per heavy atom. The number of aliphatic hydroxyl groups is 2. The van der Waals surface area contributed by atoms with Crippen molar-refractivity contribution in [2.45, 2.75) is 65.2 Å². The number of carbonyl (C=O) groups excluding carboxylic acids is 1. The molecule has 6 N–H and O–H groups in total. The van der Waals surface area contributed by atoms with Crippen molar-refractivity contribution in [2.24, 2.45) is 11.7 Å². The van der Waals surface area contributed by atoms with Gasteiger partial charge in [-0.2, -0.15) is 0 Å². The Labute approximate surface area is 357 Å². The average Bonchev–Trinajstić information content (AvgIpc) is 2.96. The number of aliphatic hydroxyl groups excluding tert-OH is 2. The van der Waals surface area contributed by atoms with Crippen LogP contribution in [0.4, 0.5) is 15.8 Å². The quantitative estimate of drug-likeness (QED) is 0.0634. The van der Waals surface area contributed by atoms with Gasteiger partial charge in [0.25, 0.3) is 6.47 Å². The summed E-state index contributed by atoms with van der Waals surface area (Å²) in [4.78, 5) is 38.7. The van der Waals surface area contributed by atoms with Crippen molar-refractivity contribution in [1.82, 2.24) is 0 Å². The fourth-order valence-electron chi connectivity index (χ4n) is 3.21. The molecule has 0 saturated carbocycles. The molecule has 2 aromatic rings. The first-order valence-electron chi connectivity index (χ1n) is 12.4. The number of hydrogen-bond donors (Lipinski definition) is 5. The van der Waals surface area contributed by atoms with Crippen LogP contribution in [0.25, 0.3) is 9.69 Å². The summed E-state index contributed by atoms with van der Waals surface area (Å²) >= 11 is 11.9. The second-order valence-electron chi connectivity index (χ2n) is 8.51. The molecule has 0 aliphatic heterocycles. The molecule has 0 aromatic heterocycles. The largest absolute Gasteiger partial charge is 1.00 e. The van der Waals surface area contributed by atoms with Crippen LogP contribution in [-0.4, -0.2) is 57.1 Å². The molecule has 0 spiro atoms. The molecule has 4 atom stereocenters. The van der Waals surface area contributed by atoms with Gasteiger partial charge in [0.15, 0.2) is 0 Å². The SMILES string of the molecule is C[C@H](O)[C@@H](N)C(=O)O.O=CO[O-].[C-]#[N+]c1ccc(C[C@@H](C(=O)O)[C@H](C)O)c(CC)c1Cl.[C-]#[N+]c1ccc(F)c(CC)c1Cl.[H-].[K+].[K+]. The predicted octanol–water partition coefficient (Wildman–Crippen LogP) is -2.00. The van der Waals surface area contributed by atoms with Crippen LogP contribution in [0.2, 0.25) is 10.0 Å². The number of carbonyl (C=O) groups is 3. The molecule has 0 unspecified atom stereocenters. The minimum absolute atomic E-state index is 0. The number of benzene rings is 2. The van der Waals surface area contributed by atoms with Crippen molar-refractivity contribution >= 4 is 53.0 Å². The van der Waals surface area contributed by atoms with Gasteiger partial charge >= 0.3 is 115 Å². The maximum Gasteiger partial charge on any atom is 1.00 e. The second kappa shape index (κ2) is 28.5. The topological polar surface area (TPSA) is 199 Å². The van der Waals surface area contributed by atoms with Gasteiger partial charge in [-0.3, -0.25) is 14.4 Å². The maximum absolute atomic E-state index is 13.0. The summed E-state index contributed by atoms with van der Waals surface area (Å²) in [6, 6.07) is 4.82. The number of carboxylic acids is 2. The summed E-state index contributed by atoms with van der Waals surface area (Å²) in [7, 11) is 0. The van der Waals surface area contributed by atoms with E-state index in [1.165, 1.54) is 26.0 Å². The maximum atomic E-state index is 13.0. The van der Waals surface area contributed by atoms with E-state index in [1.807, 2.05) is 6.92 Å². The van der Waals surface area contributed by atoms with Gasteiger partial charge in [-0.15, -0.1) is 0 Å². The molecule has 2 rings (SSSR count). The molecule has 0 saturated heterocycles. The molecule has 0 aliphatic carbocycles. The van der Waals surface area contributed by atoms with E-state index in [0.717, 1.165) is 11.1 Å². The van der Waals surface area contributed by atoms with E-state index in [1.54, 1.807) is 19.1 Å². The number of nitrogens with two attached hydrogens (primary N) is 1. The van der Waals surface area contributed by atoms with E-state index in [4.69, 9.17) is 67.5 Å². The van der Waals surface area contributed by atoms with Gasteiger partial charge in [0.05, 0.1) is 41.3 Å². The minimum atomic E-state index is -1.18. The third-order valence-corrected chi connectivity index (χ3v) is 6.46. The third-order valence-electron chi connectivity index (χ3n) is 5.62. The number of carboxylic acid groups (broad SMARTS) is 2. The van der Waals surface area contributed by atoms with Gasteiger partial charge in [0.1, 0.15) is 11.9 Å². The van der Waals surface area contributed by atoms with Crippen molar-refractivity contribution < 1.29 is 154 Å². The van der Waals surface area contributed by atoms with E-state index in [9.17, 15) is 19.1 Å². The normalized spacial score (nSPS) is 11.8. The van der Waals surface area contributed by atoms with E-state index >= 15 is 0 Å². The Morgan fingerprint density at radius 1 is 0.978 bits per heavy atom. The Balaban J connectivity index is -0.000000179. The molecule has 238 valence electrons. The Hall–Kier alpha value is -0.547. The predicted molar refractivity (Wildman–Crippen MR) is 156 cm³/mol. The van der Waals surface area contributed by atoms with E-state index in [-0.39, 0.29) is 128 Å². The van der Waals surface area contributed by atoms with E-state index in [0.29, 0.717) is 34.8 Å². The van der Waals surface area contributed by atoms with E-state index < -0.39 is 36.1 Å². The molecule has 0 aliphatic rings. The molecule has 0 amide bonds. The number of nitrogens with zero attached hydrogens (tertiary/aromatic N) is 2. The Kier molecular flexibility index (Phi) is 32.4. The molecule has 0 bridgehead atoms. The van der Waals surface area contributed by atoms with Crippen molar-refractivity contribution in [3.63, 3.8) is 0 Å². The summed E-state index contributed by atoms with van der Waals surface area (Å²) < 4.78 is 13.0. The summed E-state index contributed by atoms with van der Waals surface area (Å²) in [5.74, 6) is -3.43. The zero-order valence-corrected chi connectivity index (χ0v) is 33.5. The molecule has 17 heteroatoms. The van der Waals surface area contributed by atoms with Crippen LogP contribution in [0.15, 0.2) is 24.3 Å². The second-order valence-corrected chi connectivity index (χ2v) is 9.27. The molecule has 45 heavy (non-hydrogen) atoms. The molecule has 0 heterocycles. The summed E-state index contributed by atoms with van der Waals surface area (Å²) in [5, 5.41) is 44.2. The van der Waals surface area contributed by atoms with Crippen molar-refractivity contribution in [1.29, 1.82) is 0 Å². The van der Waals surface area contributed by atoms with Gasteiger partial charge in [0.2, 0.25) is 11.4 Å². The monoisotopic (exact) mass is 723 g/mol. The van der Waals surface area contributed by atoms with Gasteiger partial charge in [-0.1, -0.05) is 55.2 Å². The fourth-order valence-corrected chi connectivity index (χ4v) is 3.90. The zero-order chi connectivity index (χ0) is 33.9. The van der Waals surface area contributed by atoms with Gasteiger partial charge in [-0.05, 0) is 55.9 Å². The van der Waals surface area contributed by atoms with Crippen LogP contribution >= 0.6 is 23.2 Å². The van der Waals surface area contributed by atoms with Gasteiger partial charge in [0, 0.05) is 0 Å². The third kappa shape index (κ3) is 19.1. The fraction of sp³-hybridized carbons (Fsp3) is 0.393. The van der Waals surface area contributed by atoms with Crippen molar-refractivity contribution in [3.8, 4) is 0 Å². The van der Waals surface area contributed by atoms with Crippen LogP contribution < -0.4 is 114 Å². The van der Waals surface area contributed by atoms with Gasteiger partial charge < -0.3 is 37.7 Å².